The number of aliphatic hydroxyl groups excluding tert-OH is 1. The maximum Gasteiger partial charge on any atom is 0.110 e. The molecule has 2 N–H and O–H groups in total. The molecule has 0 spiro atoms. The fourth-order valence-electron chi connectivity index (χ4n) is 2.22. The predicted octanol–water partition coefficient (Wildman–Crippen LogP) is 1.89. The van der Waals surface area contributed by atoms with Crippen LogP contribution in [0.5, 0.6) is 0 Å². The van der Waals surface area contributed by atoms with E-state index in [2.05, 4.69) is 5.32 Å². The van der Waals surface area contributed by atoms with Crippen LogP contribution in [0, 0.1) is 0 Å². The highest BCUT2D eigenvalue weighted by Crippen LogP contribution is 2.20. The molecule has 3 heteroatoms. The van der Waals surface area contributed by atoms with Crippen molar-refractivity contribution in [2.75, 3.05) is 13.2 Å². The molecule has 0 radical (unpaired) electrons. The standard InChI is InChI=1S/C12H19NO2/c14-9-10(12-6-3-7-15-12)8-13-11-4-1-2-5-11/h3,6-7,10-11,13-14H,1-2,4-5,8-9H2. The van der Waals surface area contributed by atoms with Gasteiger partial charge in [0.2, 0.25) is 0 Å². The summed E-state index contributed by atoms with van der Waals surface area (Å²) in [7, 11) is 0. The minimum Gasteiger partial charge on any atom is -0.469 e. The van der Waals surface area contributed by atoms with Gasteiger partial charge in [0.05, 0.1) is 18.8 Å². The van der Waals surface area contributed by atoms with Gasteiger partial charge in [-0.15, -0.1) is 0 Å². The smallest absolute Gasteiger partial charge is 0.110 e. The van der Waals surface area contributed by atoms with Gasteiger partial charge in [-0.25, -0.2) is 0 Å². The van der Waals surface area contributed by atoms with Crippen molar-refractivity contribution in [2.24, 2.45) is 0 Å². The third kappa shape index (κ3) is 2.83. The van der Waals surface area contributed by atoms with E-state index < -0.39 is 0 Å². The molecule has 3 nitrogen and oxygen atoms in total. The van der Waals surface area contributed by atoms with Crippen molar-refractivity contribution < 1.29 is 9.52 Å². The lowest BCUT2D eigenvalue weighted by Crippen LogP contribution is -2.31. The highest BCUT2D eigenvalue weighted by atomic mass is 16.3. The Bertz CT molecular complexity index is 265. The summed E-state index contributed by atoms with van der Waals surface area (Å²) >= 11 is 0. The lowest BCUT2D eigenvalue weighted by atomic mass is 10.1. The number of nitrogens with one attached hydrogen (secondary N) is 1. The summed E-state index contributed by atoms with van der Waals surface area (Å²) in [5.41, 5.74) is 0. The molecule has 1 atom stereocenters. The van der Waals surface area contributed by atoms with Crippen molar-refractivity contribution in [3.05, 3.63) is 24.2 Å². The Morgan fingerprint density at radius 1 is 1.47 bits per heavy atom. The molecule has 0 saturated heterocycles. The molecule has 1 aliphatic carbocycles. The number of hydrogen-bond donors (Lipinski definition) is 2. The Kier molecular flexibility index (Phi) is 3.80. The average Bonchev–Trinajstić information content (AvgIpc) is 2.90. The van der Waals surface area contributed by atoms with E-state index >= 15 is 0 Å². The third-order valence-corrected chi connectivity index (χ3v) is 3.17. The molecule has 0 bridgehead atoms. The first kappa shape index (κ1) is 10.7. The number of rotatable bonds is 5. The van der Waals surface area contributed by atoms with E-state index in [4.69, 9.17) is 4.42 Å². The Labute approximate surface area is 90.5 Å². The zero-order valence-corrected chi connectivity index (χ0v) is 8.98. The minimum absolute atomic E-state index is 0.0978. The van der Waals surface area contributed by atoms with Gasteiger partial charge in [-0.3, -0.25) is 0 Å². The largest absolute Gasteiger partial charge is 0.469 e. The van der Waals surface area contributed by atoms with Crippen molar-refractivity contribution in [3.63, 3.8) is 0 Å². The van der Waals surface area contributed by atoms with Gasteiger partial charge in [0.1, 0.15) is 5.76 Å². The maximum absolute atomic E-state index is 9.27. The molecule has 0 amide bonds. The molecule has 1 aliphatic rings. The van der Waals surface area contributed by atoms with Gasteiger partial charge in [0.25, 0.3) is 0 Å². The van der Waals surface area contributed by atoms with Crippen molar-refractivity contribution in [3.8, 4) is 0 Å². The van der Waals surface area contributed by atoms with Crippen LogP contribution in [0.3, 0.4) is 0 Å². The van der Waals surface area contributed by atoms with Crippen LogP contribution in [0.2, 0.25) is 0 Å². The highest BCUT2D eigenvalue weighted by molar-refractivity contribution is 5.06. The molecule has 0 aromatic carbocycles. The zero-order valence-electron chi connectivity index (χ0n) is 8.98. The summed E-state index contributed by atoms with van der Waals surface area (Å²) < 4.78 is 5.30. The SMILES string of the molecule is OCC(CNC1CCCC1)c1ccco1. The van der Waals surface area contributed by atoms with E-state index in [0.29, 0.717) is 6.04 Å². The van der Waals surface area contributed by atoms with Crippen LogP contribution >= 0.6 is 0 Å². The number of hydrogen-bond acceptors (Lipinski definition) is 3. The first-order valence-corrected chi connectivity index (χ1v) is 5.78. The van der Waals surface area contributed by atoms with E-state index in [0.717, 1.165) is 12.3 Å². The molecule has 1 saturated carbocycles. The normalized spacial score (nSPS) is 19.5. The van der Waals surface area contributed by atoms with Gasteiger partial charge in [-0.1, -0.05) is 12.8 Å². The van der Waals surface area contributed by atoms with Gasteiger partial charge in [-0.05, 0) is 25.0 Å². The number of aliphatic hydroxyl groups is 1. The molecule has 1 unspecified atom stereocenters. The number of furan rings is 1. The summed E-state index contributed by atoms with van der Waals surface area (Å²) in [5, 5.41) is 12.8. The summed E-state index contributed by atoms with van der Waals surface area (Å²) in [6, 6.07) is 4.44. The van der Waals surface area contributed by atoms with Crippen LogP contribution in [0.1, 0.15) is 37.4 Å². The van der Waals surface area contributed by atoms with Crippen molar-refractivity contribution in [1.82, 2.24) is 5.32 Å². The molecule has 15 heavy (non-hydrogen) atoms. The van der Waals surface area contributed by atoms with Crippen LogP contribution in [0.15, 0.2) is 22.8 Å². The van der Waals surface area contributed by atoms with Gasteiger partial charge in [-0.2, -0.15) is 0 Å². The predicted molar refractivity (Wildman–Crippen MR) is 58.8 cm³/mol. The summed E-state index contributed by atoms with van der Waals surface area (Å²) in [6.07, 6.45) is 6.88. The first-order valence-electron chi connectivity index (χ1n) is 5.78. The first-order chi connectivity index (χ1) is 7.40. The fourth-order valence-corrected chi connectivity index (χ4v) is 2.22. The Hall–Kier alpha value is -0.800. The van der Waals surface area contributed by atoms with Crippen LogP contribution in [0.4, 0.5) is 0 Å². The second kappa shape index (κ2) is 5.33. The van der Waals surface area contributed by atoms with Gasteiger partial charge >= 0.3 is 0 Å². The van der Waals surface area contributed by atoms with Gasteiger partial charge in [0.15, 0.2) is 0 Å². The topological polar surface area (TPSA) is 45.4 Å². The summed E-state index contributed by atoms with van der Waals surface area (Å²) in [4.78, 5) is 0. The Balaban J connectivity index is 1.80. The fraction of sp³-hybridized carbons (Fsp3) is 0.667. The third-order valence-electron chi connectivity index (χ3n) is 3.17. The quantitative estimate of drug-likeness (QED) is 0.778. The van der Waals surface area contributed by atoms with E-state index in [1.54, 1.807) is 6.26 Å². The second-order valence-corrected chi connectivity index (χ2v) is 4.28. The Morgan fingerprint density at radius 3 is 2.87 bits per heavy atom. The van der Waals surface area contributed by atoms with Crippen molar-refractivity contribution in [1.29, 1.82) is 0 Å². The van der Waals surface area contributed by atoms with Crippen LogP contribution in [0.25, 0.3) is 0 Å². The highest BCUT2D eigenvalue weighted by Gasteiger charge is 2.18. The molecule has 1 heterocycles. The molecule has 84 valence electrons. The lowest BCUT2D eigenvalue weighted by molar-refractivity contribution is 0.241. The van der Waals surface area contributed by atoms with Crippen LogP contribution < -0.4 is 5.32 Å². The van der Waals surface area contributed by atoms with Gasteiger partial charge in [0, 0.05) is 12.6 Å². The van der Waals surface area contributed by atoms with E-state index in [-0.39, 0.29) is 12.5 Å². The molecular formula is C12H19NO2. The van der Waals surface area contributed by atoms with Crippen molar-refractivity contribution in [2.45, 2.75) is 37.6 Å². The lowest BCUT2D eigenvalue weighted by Gasteiger charge is -2.16. The monoisotopic (exact) mass is 209 g/mol. The molecular weight excluding hydrogens is 190 g/mol. The van der Waals surface area contributed by atoms with Gasteiger partial charge < -0.3 is 14.8 Å². The Morgan fingerprint density at radius 2 is 2.27 bits per heavy atom. The molecule has 1 fully saturated rings. The van der Waals surface area contributed by atoms with Crippen molar-refractivity contribution >= 4 is 0 Å². The molecule has 0 aliphatic heterocycles. The molecule has 1 aromatic heterocycles. The average molecular weight is 209 g/mol. The van der Waals surface area contributed by atoms with Crippen LogP contribution in [-0.2, 0) is 0 Å². The molecule has 2 rings (SSSR count). The zero-order chi connectivity index (χ0) is 10.5. The minimum atomic E-state index is 0.0978. The molecule has 1 aromatic rings. The maximum atomic E-state index is 9.27. The summed E-state index contributed by atoms with van der Waals surface area (Å²) in [6.45, 7) is 0.960. The summed E-state index contributed by atoms with van der Waals surface area (Å²) in [5.74, 6) is 0.976. The van der Waals surface area contributed by atoms with E-state index in [9.17, 15) is 5.11 Å². The second-order valence-electron chi connectivity index (χ2n) is 4.28. The van der Waals surface area contributed by atoms with E-state index in [1.807, 2.05) is 12.1 Å². The van der Waals surface area contributed by atoms with E-state index in [1.165, 1.54) is 25.7 Å². The van der Waals surface area contributed by atoms with Crippen LogP contribution in [-0.4, -0.2) is 24.3 Å².